The molecule has 0 bridgehead atoms. The number of primary amides is 1. The molecule has 0 saturated heterocycles. The van der Waals surface area contributed by atoms with Crippen LogP contribution in [0.2, 0.25) is 5.02 Å². The highest BCUT2D eigenvalue weighted by Gasteiger charge is 2.41. The van der Waals surface area contributed by atoms with Gasteiger partial charge >= 0.3 is 6.18 Å². The van der Waals surface area contributed by atoms with Gasteiger partial charge in [-0.25, -0.2) is 0 Å². The van der Waals surface area contributed by atoms with Crippen molar-refractivity contribution in [1.29, 1.82) is 0 Å². The second-order valence-electron chi connectivity index (χ2n) is 14.0. The van der Waals surface area contributed by atoms with Crippen molar-refractivity contribution in [3.63, 3.8) is 0 Å². The summed E-state index contributed by atoms with van der Waals surface area (Å²) in [5.74, 6) is 1.63. The van der Waals surface area contributed by atoms with E-state index in [9.17, 15) is 27.6 Å². The van der Waals surface area contributed by atoms with Gasteiger partial charge in [0.15, 0.2) is 0 Å². The van der Waals surface area contributed by atoms with Gasteiger partial charge in [-0.05, 0) is 102 Å². The summed E-state index contributed by atoms with van der Waals surface area (Å²) in [5, 5.41) is 1.30. The lowest BCUT2D eigenvalue weighted by molar-refractivity contribution is -0.142. The maximum atomic E-state index is 12.8. The van der Waals surface area contributed by atoms with Crippen molar-refractivity contribution in [1.82, 2.24) is 9.62 Å². The molecule has 0 aromatic heterocycles. The van der Waals surface area contributed by atoms with Crippen LogP contribution in [-0.2, 0) is 33.5 Å². The van der Waals surface area contributed by atoms with Crippen molar-refractivity contribution in [3.05, 3.63) is 101 Å². The van der Waals surface area contributed by atoms with Crippen molar-refractivity contribution in [2.75, 3.05) is 5.73 Å². The summed E-state index contributed by atoms with van der Waals surface area (Å²) in [6, 6.07) is 16.8. The molecule has 13 heteroatoms. The Bertz CT molecular complexity index is 1730. The molecular weight excluding hydrogens is 701 g/mol. The van der Waals surface area contributed by atoms with E-state index in [0.29, 0.717) is 47.1 Å². The van der Waals surface area contributed by atoms with Gasteiger partial charge in [-0.2, -0.15) is 13.2 Å². The van der Waals surface area contributed by atoms with Crippen LogP contribution in [0.25, 0.3) is 0 Å². The molecule has 6 rings (SSSR count). The molecule has 0 spiro atoms. The molecular formula is C38H44ClF3N4O4S. The zero-order chi connectivity index (χ0) is 37.5. The van der Waals surface area contributed by atoms with E-state index < -0.39 is 23.7 Å². The normalized spacial score (nSPS) is 19.2. The first-order chi connectivity index (χ1) is 23.9. The predicted octanol–water partition coefficient (Wildman–Crippen LogP) is 8.33. The molecule has 8 nitrogen and oxygen atoms in total. The Kier molecular flexibility index (Phi) is 13.1. The molecule has 2 fully saturated rings. The van der Waals surface area contributed by atoms with E-state index in [-0.39, 0.29) is 28.8 Å². The van der Waals surface area contributed by atoms with Gasteiger partial charge in [0.2, 0.25) is 17.7 Å². The lowest BCUT2D eigenvalue weighted by atomic mass is 9.89. The number of fused-ring (bicyclic) bond motifs is 1. The minimum Gasteiger partial charge on any atom is -0.457 e. The molecule has 3 unspecified atom stereocenters. The van der Waals surface area contributed by atoms with Crippen molar-refractivity contribution >= 4 is 47.0 Å². The monoisotopic (exact) mass is 744 g/mol. The van der Waals surface area contributed by atoms with Crippen LogP contribution in [0.3, 0.4) is 0 Å². The van der Waals surface area contributed by atoms with Gasteiger partial charge < -0.3 is 21.1 Å². The maximum absolute atomic E-state index is 12.8. The number of benzene rings is 3. The Morgan fingerprint density at radius 3 is 2.25 bits per heavy atom. The second kappa shape index (κ2) is 16.9. The number of hydrogen-bond acceptors (Lipinski definition) is 6. The predicted molar refractivity (Wildman–Crippen MR) is 196 cm³/mol. The first-order valence-electron chi connectivity index (χ1n) is 16.6. The quantitative estimate of drug-likeness (QED) is 0.121. The number of ether oxygens (including phenoxy) is 1. The van der Waals surface area contributed by atoms with Crippen LogP contribution in [0.4, 0.5) is 18.9 Å². The average molecular weight is 745 g/mol. The van der Waals surface area contributed by atoms with E-state index in [4.69, 9.17) is 27.8 Å². The summed E-state index contributed by atoms with van der Waals surface area (Å²) in [7, 11) is 0. The van der Waals surface area contributed by atoms with E-state index in [2.05, 4.69) is 11.3 Å². The van der Waals surface area contributed by atoms with Crippen LogP contribution in [0.1, 0.15) is 63.1 Å². The minimum absolute atomic E-state index is 0.0544. The fourth-order valence-corrected chi connectivity index (χ4v) is 6.24. The number of carbonyl (C=O) groups is 3. The Morgan fingerprint density at radius 1 is 1.02 bits per heavy atom. The number of nitrogens with zero attached hydrogens (tertiary/aromatic N) is 1. The number of allylic oxidation sites excluding steroid dienone is 1. The largest absolute Gasteiger partial charge is 0.457 e. The molecule has 3 amide bonds. The number of nitrogens with two attached hydrogens (primary N) is 2. The zero-order valence-electron chi connectivity index (χ0n) is 28.8. The summed E-state index contributed by atoms with van der Waals surface area (Å²) < 4.78 is 44.5. The fourth-order valence-electron chi connectivity index (χ4n) is 5.25. The molecule has 2 aliphatic carbocycles. The van der Waals surface area contributed by atoms with Gasteiger partial charge in [0.1, 0.15) is 17.5 Å². The van der Waals surface area contributed by atoms with Crippen LogP contribution in [0.15, 0.2) is 79.4 Å². The Morgan fingerprint density at radius 2 is 1.71 bits per heavy atom. The first-order valence-corrected chi connectivity index (χ1v) is 17.8. The number of rotatable bonds is 8. The molecule has 1 aliphatic heterocycles. The minimum atomic E-state index is -4.30. The standard InChI is InChI=1S/C22H25ClN2O3.C9H13NOS.C7H6F3N/c1-22(2,3)12-20(26)25-13-14-7-8-18(9-15(14)10-19(25)21(24)27)28-17-6-4-5-16(23)11-17;1-2-6-5-8(6)9(11)10-12-7-3-4-7;8-7(9,10)5-2-1-3-6(11)4-5/h4-9,11,19H,10,12-13H2,1-3H3,(H2,24,27);2,6-8H,1,3-5H2,(H,10,11);1-4H,11H2. The highest BCUT2D eigenvalue weighted by molar-refractivity contribution is 7.98. The average Bonchev–Trinajstić information content (AvgIpc) is 3.98. The van der Waals surface area contributed by atoms with Gasteiger partial charge in [-0.1, -0.05) is 56.6 Å². The molecule has 5 N–H and O–H groups in total. The van der Waals surface area contributed by atoms with Crippen LogP contribution in [0.5, 0.6) is 11.5 Å². The second-order valence-corrected chi connectivity index (χ2v) is 15.6. The summed E-state index contributed by atoms with van der Waals surface area (Å²) in [6.45, 7) is 10.1. The fraction of sp³-hybridized carbons (Fsp3) is 0.395. The molecule has 3 aromatic carbocycles. The van der Waals surface area contributed by atoms with Gasteiger partial charge in [0, 0.05) is 41.3 Å². The molecule has 2 saturated carbocycles. The molecule has 51 heavy (non-hydrogen) atoms. The number of nitrogen functional groups attached to an aromatic ring is 1. The van der Waals surface area contributed by atoms with Crippen molar-refractivity contribution in [2.24, 2.45) is 23.0 Å². The highest BCUT2D eigenvalue weighted by Crippen LogP contribution is 2.41. The van der Waals surface area contributed by atoms with Crippen LogP contribution >= 0.6 is 23.5 Å². The van der Waals surface area contributed by atoms with Gasteiger partial charge in [-0.3, -0.25) is 19.1 Å². The third-order valence-corrected chi connectivity index (χ3v) is 9.57. The van der Waals surface area contributed by atoms with E-state index in [0.717, 1.165) is 29.7 Å². The summed E-state index contributed by atoms with van der Waals surface area (Å²) in [4.78, 5) is 37.7. The third-order valence-electron chi connectivity index (χ3n) is 8.21. The van der Waals surface area contributed by atoms with Crippen molar-refractivity contribution < 1.29 is 32.3 Å². The molecule has 274 valence electrons. The van der Waals surface area contributed by atoms with Gasteiger partial charge in [0.25, 0.3) is 0 Å². The first kappa shape index (κ1) is 39.6. The summed E-state index contributed by atoms with van der Waals surface area (Å²) in [6.07, 6.45) is 1.86. The van der Waals surface area contributed by atoms with E-state index in [1.54, 1.807) is 29.0 Å². The van der Waals surface area contributed by atoms with Crippen molar-refractivity contribution in [3.8, 4) is 11.5 Å². The van der Waals surface area contributed by atoms with E-state index >= 15 is 0 Å². The molecule has 3 aliphatic rings. The van der Waals surface area contributed by atoms with Crippen molar-refractivity contribution in [2.45, 2.75) is 76.9 Å². The molecule has 3 atom stereocenters. The number of alkyl halides is 3. The summed E-state index contributed by atoms with van der Waals surface area (Å²) in [5.41, 5.74) is 12.0. The van der Waals surface area contributed by atoms with Crippen LogP contribution in [-0.4, -0.2) is 33.9 Å². The number of nitrogens with one attached hydrogen (secondary N) is 1. The third kappa shape index (κ3) is 12.5. The Balaban J connectivity index is 0.000000207. The molecule has 3 aromatic rings. The smallest absolute Gasteiger partial charge is 0.416 e. The summed E-state index contributed by atoms with van der Waals surface area (Å²) >= 11 is 7.60. The lowest BCUT2D eigenvalue weighted by Gasteiger charge is -2.36. The van der Waals surface area contributed by atoms with E-state index in [1.165, 1.54) is 25.0 Å². The highest BCUT2D eigenvalue weighted by atomic mass is 35.5. The number of hydrogen-bond donors (Lipinski definition) is 3. The molecule has 1 heterocycles. The number of amides is 3. The zero-order valence-corrected chi connectivity index (χ0v) is 30.4. The van der Waals surface area contributed by atoms with E-state index in [1.807, 2.05) is 57.2 Å². The number of anilines is 1. The SMILES string of the molecule is C=CC1CC1C(=O)NSC1CC1.CC(C)(C)CC(=O)N1Cc2ccc(Oc3cccc(Cl)c3)cc2CC1C(N)=O.Nc1cccc(C(F)(F)F)c1. The Hall–Kier alpha value is -4.16. The maximum Gasteiger partial charge on any atom is 0.416 e. The Labute approximate surface area is 306 Å². The van der Waals surface area contributed by atoms with Gasteiger partial charge in [-0.15, -0.1) is 6.58 Å². The number of carbonyl (C=O) groups excluding carboxylic acids is 3. The molecule has 0 radical (unpaired) electrons. The number of halogens is 4. The van der Waals surface area contributed by atoms with Crippen LogP contribution in [0, 0.1) is 17.3 Å². The lowest BCUT2D eigenvalue weighted by Crippen LogP contribution is -2.51. The topological polar surface area (TPSA) is 128 Å². The van der Waals surface area contributed by atoms with Crippen LogP contribution < -0.4 is 20.9 Å². The van der Waals surface area contributed by atoms with Gasteiger partial charge in [0.05, 0.1) is 5.56 Å².